The average molecular weight is 592 g/mol. The molecule has 0 spiro atoms. The van der Waals surface area contributed by atoms with Crippen molar-refractivity contribution in [3.05, 3.63) is 94.8 Å². The molecule has 0 saturated heterocycles. The van der Waals surface area contributed by atoms with E-state index in [1.807, 2.05) is 36.4 Å². The standard InChI is InChI=1S/C31H31FIN3/c1-4-11-26(33)22-12-6-7-13-23(22)30-34-27-17-9-8-14-24(27)31(36-30)35-29-19(3)18-20(5-2)21-15-10-16-25(32)28(21)29/h6-10,12-17,20,26H,4-5,11,18H2,1-3H3,(H,34,35,36). The zero-order chi connectivity index (χ0) is 25.2. The van der Waals surface area contributed by atoms with E-state index in [0.29, 0.717) is 27.0 Å². The van der Waals surface area contributed by atoms with Crippen molar-refractivity contribution >= 4 is 45.0 Å². The number of rotatable bonds is 7. The summed E-state index contributed by atoms with van der Waals surface area (Å²) in [6.45, 7) is 6.49. The molecule has 3 aromatic carbocycles. The predicted octanol–water partition coefficient (Wildman–Crippen LogP) is 9.45. The maximum absolute atomic E-state index is 15.3. The molecule has 2 atom stereocenters. The first-order valence-corrected chi connectivity index (χ1v) is 14.0. The zero-order valence-corrected chi connectivity index (χ0v) is 23.1. The molecule has 3 nitrogen and oxygen atoms in total. The molecule has 4 aromatic rings. The van der Waals surface area contributed by atoms with Crippen molar-refractivity contribution in [1.29, 1.82) is 0 Å². The summed E-state index contributed by atoms with van der Waals surface area (Å²) in [5.74, 6) is 1.54. The lowest BCUT2D eigenvalue weighted by atomic mass is 9.80. The highest BCUT2D eigenvalue weighted by molar-refractivity contribution is 14.1. The molecule has 1 N–H and O–H groups in total. The van der Waals surface area contributed by atoms with Crippen LogP contribution < -0.4 is 5.32 Å². The van der Waals surface area contributed by atoms with Crippen molar-refractivity contribution in [2.75, 3.05) is 5.32 Å². The van der Waals surface area contributed by atoms with Gasteiger partial charge in [0, 0.05) is 26.1 Å². The van der Waals surface area contributed by atoms with Gasteiger partial charge >= 0.3 is 0 Å². The van der Waals surface area contributed by atoms with Crippen LogP contribution in [0.5, 0.6) is 0 Å². The summed E-state index contributed by atoms with van der Waals surface area (Å²) < 4.78 is 15.7. The number of fused-ring (bicyclic) bond motifs is 2. The Morgan fingerprint density at radius 2 is 1.78 bits per heavy atom. The number of nitrogens with one attached hydrogen (secondary N) is 1. The molecule has 0 bridgehead atoms. The summed E-state index contributed by atoms with van der Waals surface area (Å²) in [5, 5.41) is 4.51. The van der Waals surface area contributed by atoms with E-state index >= 15 is 4.39 Å². The van der Waals surface area contributed by atoms with Crippen LogP contribution in [-0.2, 0) is 0 Å². The fraction of sp³-hybridized carbons (Fsp3) is 0.290. The molecule has 5 heteroatoms. The van der Waals surface area contributed by atoms with E-state index in [-0.39, 0.29) is 5.82 Å². The molecule has 0 radical (unpaired) electrons. The van der Waals surface area contributed by atoms with Gasteiger partial charge in [0.25, 0.3) is 0 Å². The highest BCUT2D eigenvalue weighted by Crippen LogP contribution is 2.42. The first-order valence-electron chi connectivity index (χ1n) is 12.8. The van der Waals surface area contributed by atoms with Gasteiger partial charge in [-0.15, -0.1) is 0 Å². The number of allylic oxidation sites excluding steroid dienone is 1. The summed E-state index contributed by atoms with van der Waals surface area (Å²) >= 11 is 2.52. The number of nitrogens with zero attached hydrogens (tertiary/aromatic N) is 2. The molecule has 1 aliphatic rings. The lowest BCUT2D eigenvalue weighted by Gasteiger charge is -2.29. The molecule has 5 rings (SSSR count). The van der Waals surface area contributed by atoms with Crippen LogP contribution in [0, 0.1) is 5.82 Å². The van der Waals surface area contributed by atoms with Crippen LogP contribution in [0.3, 0.4) is 0 Å². The van der Waals surface area contributed by atoms with Crippen molar-refractivity contribution < 1.29 is 4.39 Å². The molecule has 0 aliphatic heterocycles. The Morgan fingerprint density at radius 3 is 2.58 bits per heavy atom. The van der Waals surface area contributed by atoms with E-state index in [0.717, 1.165) is 59.0 Å². The topological polar surface area (TPSA) is 37.8 Å². The zero-order valence-electron chi connectivity index (χ0n) is 21.0. The second-order valence-electron chi connectivity index (χ2n) is 9.55. The number of hydrogen-bond acceptors (Lipinski definition) is 3. The molecule has 2 unspecified atom stereocenters. The lowest BCUT2D eigenvalue weighted by Crippen LogP contribution is -2.16. The van der Waals surface area contributed by atoms with Gasteiger partial charge in [-0.3, -0.25) is 0 Å². The molecule has 1 aromatic heterocycles. The molecule has 184 valence electrons. The van der Waals surface area contributed by atoms with Crippen LogP contribution in [0.15, 0.2) is 72.3 Å². The van der Waals surface area contributed by atoms with Gasteiger partial charge in [-0.05, 0) is 67.0 Å². The molecule has 1 aliphatic carbocycles. The normalized spacial score (nSPS) is 16.2. The van der Waals surface area contributed by atoms with E-state index in [2.05, 4.69) is 72.9 Å². The van der Waals surface area contributed by atoms with E-state index in [1.54, 1.807) is 6.07 Å². The van der Waals surface area contributed by atoms with Crippen molar-refractivity contribution in [3.8, 4) is 11.4 Å². The van der Waals surface area contributed by atoms with Gasteiger partial charge < -0.3 is 5.32 Å². The first kappa shape index (κ1) is 24.9. The first-order chi connectivity index (χ1) is 17.5. The van der Waals surface area contributed by atoms with Gasteiger partial charge in [0.2, 0.25) is 0 Å². The van der Waals surface area contributed by atoms with E-state index in [1.165, 1.54) is 5.56 Å². The fourth-order valence-corrected chi connectivity index (χ4v) is 6.43. The average Bonchev–Trinajstić information content (AvgIpc) is 2.90. The molecule has 1 heterocycles. The van der Waals surface area contributed by atoms with Gasteiger partial charge in [0.15, 0.2) is 5.82 Å². The third-order valence-electron chi connectivity index (χ3n) is 7.14. The number of halogens is 2. The lowest BCUT2D eigenvalue weighted by molar-refractivity contribution is 0.597. The Kier molecular flexibility index (Phi) is 7.37. The molecule has 0 amide bonds. The third-order valence-corrected chi connectivity index (χ3v) is 8.43. The van der Waals surface area contributed by atoms with Gasteiger partial charge in [0.05, 0.1) is 5.52 Å². The monoisotopic (exact) mass is 591 g/mol. The maximum Gasteiger partial charge on any atom is 0.162 e. The van der Waals surface area contributed by atoms with Crippen LogP contribution in [-0.4, -0.2) is 9.97 Å². The smallest absolute Gasteiger partial charge is 0.162 e. The highest BCUT2D eigenvalue weighted by atomic mass is 127. The largest absolute Gasteiger partial charge is 0.339 e. The summed E-state index contributed by atoms with van der Waals surface area (Å²) in [4.78, 5) is 10.0. The second kappa shape index (κ2) is 10.7. The van der Waals surface area contributed by atoms with Crippen molar-refractivity contribution in [2.24, 2.45) is 0 Å². The molecular weight excluding hydrogens is 560 g/mol. The van der Waals surface area contributed by atoms with E-state index in [9.17, 15) is 0 Å². The molecule has 0 saturated carbocycles. The minimum atomic E-state index is -0.191. The van der Waals surface area contributed by atoms with Gasteiger partial charge in [-0.2, -0.15) is 0 Å². The Morgan fingerprint density at radius 1 is 1.00 bits per heavy atom. The van der Waals surface area contributed by atoms with Gasteiger partial charge in [-0.1, -0.05) is 91.4 Å². The minimum Gasteiger partial charge on any atom is -0.339 e. The van der Waals surface area contributed by atoms with Crippen LogP contribution >= 0.6 is 22.6 Å². The second-order valence-corrected chi connectivity index (χ2v) is 11.1. The quantitative estimate of drug-likeness (QED) is 0.172. The summed E-state index contributed by atoms with van der Waals surface area (Å²) in [6.07, 6.45) is 4.09. The number of alkyl halides is 1. The predicted molar refractivity (Wildman–Crippen MR) is 157 cm³/mol. The molecule has 36 heavy (non-hydrogen) atoms. The molecular formula is C31H31FIN3. The Hall–Kier alpha value is -2.80. The Labute approximate surface area is 226 Å². The maximum atomic E-state index is 15.3. The Bertz CT molecular complexity index is 1450. The third kappa shape index (κ3) is 4.65. The highest BCUT2D eigenvalue weighted by Gasteiger charge is 2.27. The minimum absolute atomic E-state index is 0.191. The number of hydrogen-bond donors (Lipinski definition) is 1. The number of anilines is 1. The van der Waals surface area contributed by atoms with E-state index < -0.39 is 0 Å². The van der Waals surface area contributed by atoms with Crippen LogP contribution in [0.4, 0.5) is 10.2 Å². The SMILES string of the molecule is CCCC(I)c1ccccc1-c1nc(NC2=C(C)CC(CC)c3cccc(F)c32)c2ccccc2n1. The fourth-order valence-electron chi connectivity index (χ4n) is 5.27. The molecule has 0 fully saturated rings. The van der Waals surface area contributed by atoms with Crippen LogP contribution in [0.25, 0.3) is 28.0 Å². The summed E-state index contributed by atoms with van der Waals surface area (Å²) in [7, 11) is 0. The summed E-state index contributed by atoms with van der Waals surface area (Å²) in [6, 6.07) is 21.9. The number of benzene rings is 3. The van der Waals surface area contributed by atoms with Crippen LogP contribution in [0.1, 0.15) is 73.0 Å². The summed E-state index contributed by atoms with van der Waals surface area (Å²) in [5.41, 5.74) is 6.89. The Balaban J connectivity index is 1.66. The van der Waals surface area contributed by atoms with Gasteiger partial charge in [0.1, 0.15) is 11.6 Å². The van der Waals surface area contributed by atoms with Crippen molar-refractivity contribution in [3.63, 3.8) is 0 Å². The number of para-hydroxylation sites is 1. The van der Waals surface area contributed by atoms with E-state index in [4.69, 9.17) is 9.97 Å². The van der Waals surface area contributed by atoms with Crippen molar-refractivity contribution in [2.45, 2.75) is 56.3 Å². The number of aromatic nitrogens is 2. The van der Waals surface area contributed by atoms with Crippen molar-refractivity contribution in [1.82, 2.24) is 9.97 Å². The van der Waals surface area contributed by atoms with Gasteiger partial charge in [-0.25, -0.2) is 14.4 Å². The van der Waals surface area contributed by atoms with Crippen LogP contribution in [0.2, 0.25) is 0 Å².